The molecule has 0 atom stereocenters. The Balaban J connectivity index is 3.05. The normalized spacial score (nSPS) is 11.7. The lowest BCUT2D eigenvalue weighted by atomic mass is 9.89. The Morgan fingerprint density at radius 2 is 1.87 bits per heavy atom. The zero-order chi connectivity index (χ0) is 11.6. The molecule has 78 valence electrons. The molecular formula is C13H17BS. The van der Waals surface area contributed by atoms with Crippen LogP contribution < -0.4 is 0 Å². The van der Waals surface area contributed by atoms with E-state index in [9.17, 15) is 0 Å². The molecule has 2 radical (unpaired) electrons. The Morgan fingerprint density at radius 1 is 1.27 bits per heavy atom. The average molecular weight is 216 g/mol. The summed E-state index contributed by atoms with van der Waals surface area (Å²) >= 11 is 1.83. The highest BCUT2D eigenvalue weighted by Gasteiger charge is 2.03. The Labute approximate surface area is 98.1 Å². The first-order valence-electron chi connectivity index (χ1n) is 5.10. The Kier molecular flexibility index (Phi) is 3.98. The van der Waals surface area contributed by atoms with Crippen LogP contribution in [-0.4, -0.2) is 7.85 Å². The second-order valence-corrected chi connectivity index (χ2v) is 5.39. The molecule has 0 aromatic carbocycles. The first-order valence-corrected chi connectivity index (χ1v) is 5.92. The van der Waals surface area contributed by atoms with Gasteiger partial charge in [0.25, 0.3) is 0 Å². The van der Waals surface area contributed by atoms with Gasteiger partial charge in [-0.25, -0.2) is 0 Å². The second-order valence-electron chi connectivity index (χ2n) is 4.13. The van der Waals surface area contributed by atoms with Gasteiger partial charge in [0.05, 0.1) is 0 Å². The summed E-state index contributed by atoms with van der Waals surface area (Å²) in [6.45, 7) is 10.5. The molecule has 0 amide bonds. The number of allylic oxidation sites excluding steroid dienone is 4. The highest BCUT2D eigenvalue weighted by molar-refractivity contribution is 7.13. The van der Waals surface area contributed by atoms with Crippen molar-refractivity contribution in [3.05, 3.63) is 38.5 Å². The molecule has 1 rings (SSSR count). The summed E-state index contributed by atoms with van der Waals surface area (Å²) in [6, 6.07) is 2.23. The van der Waals surface area contributed by atoms with Crippen LogP contribution in [0.2, 0.25) is 0 Å². The summed E-state index contributed by atoms with van der Waals surface area (Å²) in [7, 11) is 5.91. The van der Waals surface area contributed by atoms with Crippen LogP contribution in [0.1, 0.15) is 36.1 Å². The van der Waals surface area contributed by atoms with E-state index in [1.54, 1.807) is 0 Å². The van der Waals surface area contributed by atoms with Crippen LogP contribution >= 0.6 is 11.3 Å². The van der Waals surface area contributed by atoms with Gasteiger partial charge in [-0.1, -0.05) is 17.1 Å². The fourth-order valence-electron chi connectivity index (χ4n) is 1.22. The summed E-state index contributed by atoms with van der Waals surface area (Å²) in [5.74, 6) is 0. The fraction of sp³-hybridized carbons (Fsp3) is 0.385. The van der Waals surface area contributed by atoms with Crippen LogP contribution in [0.3, 0.4) is 0 Å². The van der Waals surface area contributed by atoms with E-state index in [1.807, 2.05) is 25.2 Å². The maximum atomic E-state index is 5.91. The zero-order valence-electron chi connectivity index (χ0n) is 10.1. The lowest BCUT2D eigenvalue weighted by Crippen LogP contribution is -1.82. The molecule has 0 bridgehead atoms. The first-order chi connectivity index (χ1) is 6.91. The van der Waals surface area contributed by atoms with E-state index in [1.165, 1.54) is 26.5 Å². The van der Waals surface area contributed by atoms with Crippen LogP contribution in [-0.2, 0) is 0 Å². The summed E-state index contributed by atoms with van der Waals surface area (Å²) in [4.78, 5) is 2.70. The van der Waals surface area contributed by atoms with Gasteiger partial charge in [0, 0.05) is 9.75 Å². The first kappa shape index (κ1) is 12.3. The molecule has 0 saturated heterocycles. The van der Waals surface area contributed by atoms with Gasteiger partial charge in [0.1, 0.15) is 7.85 Å². The van der Waals surface area contributed by atoms with E-state index in [0.717, 1.165) is 5.47 Å². The van der Waals surface area contributed by atoms with Gasteiger partial charge < -0.3 is 0 Å². The second kappa shape index (κ2) is 4.85. The van der Waals surface area contributed by atoms with Gasteiger partial charge in [-0.05, 0) is 51.8 Å². The maximum absolute atomic E-state index is 5.91. The van der Waals surface area contributed by atoms with Gasteiger partial charge in [-0.15, -0.1) is 11.3 Å². The van der Waals surface area contributed by atoms with Gasteiger partial charge >= 0.3 is 0 Å². The molecule has 0 spiro atoms. The topological polar surface area (TPSA) is 0 Å². The number of hydrogen-bond donors (Lipinski definition) is 0. The highest BCUT2D eigenvalue weighted by atomic mass is 32.1. The largest absolute Gasteiger partial charge is 0.141 e. The van der Waals surface area contributed by atoms with Gasteiger partial charge in [0.2, 0.25) is 0 Å². The summed E-state index contributed by atoms with van der Waals surface area (Å²) < 4.78 is 0. The average Bonchev–Trinajstić information content (AvgIpc) is 2.46. The van der Waals surface area contributed by atoms with E-state index in [0.29, 0.717) is 0 Å². The molecule has 2 heteroatoms. The number of rotatable bonds is 2. The minimum Gasteiger partial charge on any atom is -0.141 e. The van der Waals surface area contributed by atoms with E-state index < -0.39 is 0 Å². The molecule has 0 saturated carbocycles. The van der Waals surface area contributed by atoms with E-state index in [2.05, 4.69) is 32.9 Å². The van der Waals surface area contributed by atoms with Crippen molar-refractivity contribution in [2.24, 2.45) is 0 Å². The Morgan fingerprint density at radius 3 is 2.27 bits per heavy atom. The van der Waals surface area contributed by atoms with Crippen LogP contribution in [0.4, 0.5) is 0 Å². The molecule has 1 heterocycles. The van der Waals surface area contributed by atoms with Crippen molar-refractivity contribution in [2.75, 3.05) is 0 Å². The minimum atomic E-state index is 0.871. The molecule has 1 aromatic rings. The molecule has 0 aliphatic carbocycles. The van der Waals surface area contributed by atoms with Gasteiger partial charge in [-0.3, -0.25) is 0 Å². The van der Waals surface area contributed by atoms with Gasteiger partial charge in [-0.2, -0.15) is 0 Å². The summed E-state index contributed by atoms with van der Waals surface area (Å²) in [5, 5.41) is 0. The van der Waals surface area contributed by atoms with Crippen LogP contribution in [0.15, 0.2) is 23.2 Å². The molecule has 0 nitrogen and oxygen atoms in total. The molecular weight excluding hydrogens is 199 g/mol. The number of hydrogen-bond acceptors (Lipinski definition) is 1. The quantitative estimate of drug-likeness (QED) is 0.512. The van der Waals surface area contributed by atoms with E-state index >= 15 is 0 Å². The van der Waals surface area contributed by atoms with Crippen LogP contribution in [0.25, 0.3) is 5.57 Å². The third-order valence-corrected chi connectivity index (χ3v) is 3.79. The molecule has 0 fully saturated rings. The van der Waals surface area contributed by atoms with E-state index in [-0.39, 0.29) is 0 Å². The third-order valence-electron chi connectivity index (χ3n) is 2.50. The van der Waals surface area contributed by atoms with Crippen molar-refractivity contribution in [3.8, 4) is 0 Å². The fourth-order valence-corrected chi connectivity index (χ4v) is 2.22. The van der Waals surface area contributed by atoms with Crippen molar-refractivity contribution >= 4 is 24.8 Å². The lowest BCUT2D eigenvalue weighted by Gasteiger charge is -2.00. The van der Waals surface area contributed by atoms with Crippen molar-refractivity contribution in [3.63, 3.8) is 0 Å². The van der Waals surface area contributed by atoms with Crippen LogP contribution in [0.5, 0.6) is 0 Å². The standard InChI is InChI=1S/C13H17BS/c1-8(2)12(14)6-10(4)13-7-9(3)11(5)15-13/h6-7H,1-5H3/b10-6+. The van der Waals surface area contributed by atoms with Crippen molar-refractivity contribution < 1.29 is 0 Å². The van der Waals surface area contributed by atoms with Crippen molar-refractivity contribution in [2.45, 2.75) is 34.6 Å². The zero-order valence-corrected chi connectivity index (χ0v) is 11.0. The number of aryl methyl sites for hydroxylation is 2. The Bertz CT molecular complexity index is 398. The van der Waals surface area contributed by atoms with Crippen molar-refractivity contribution in [1.29, 1.82) is 0 Å². The molecule has 0 aliphatic heterocycles. The SMILES string of the molecule is [B]C(/C=C(\C)c1cc(C)c(C)s1)=C(C)C. The smallest absolute Gasteiger partial charge is 0.113 e. The summed E-state index contributed by atoms with van der Waals surface area (Å²) in [5.41, 5.74) is 4.64. The van der Waals surface area contributed by atoms with Crippen molar-refractivity contribution in [1.82, 2.24) is 0 Å². The Hall–Kier alpha value is -0.755. The summed E-state index contributed by atoms with van der Waals surface area (Å²) in [6.07, 6.45) is 2.06. The molecule has 1 aromatic heterocycles. The predicted molar refractivity (Wildman–Crippen MR) is 71.6 cm³/mol. The monoisotopic (exact) mass is 216 g/mol. The molecule has 0 unspecified atom stereocenters. The lowest BCUT2D eigenvalue weighted by molar-refractivity contribution is 1.37. The number of thiophene rings is 1. The highest BCUT2D eigenvalue weighted by Crippen LogP contribution is 2.27. The molecule has 15 heavy (non-hydrogen) atoms. The van der Waals surface area contributed by atoms with E-state index in [4.69, 9.17) is 7.85 Å². The van der Waals surface area contributed by atoms with Gasteiger partial charge in [0.15, 0.2) is 0 Å². The third kappa shape index (κ3) is 3.10. The van der Waals surface area contributed by atoms with Crippen LogP contribution in [0, 0.1) is 13.8 Å². The molecule has 0 aliphatic rings. The molecule has 0 N–H and O–H groups in total. The predicted octanol–water partition coefficient (Wildman–Crippen LogP) is 4.23. The maximum Gasteiger partial charge on any atom is 0.113 e. The minimum absolute atomic E-state index is 0.871.